The summed E-state index contributed by atoms with van der Waals surface area (Å²) in [4.78, 5) is 12.4. The van der Waals surface area contributed by atoms with E-state index in [1.165, 1.54) is 11.3 Å². The zero-order chi connectivity index (χ0) is 11.5. The lowest BCUT2D eigenvalue weighted by Gasteiger charge is -1.86. The summed E-state index contributed by atoms with van der Waals surface area (Å²) in [6.45, 7) is 0. The summed E-state index contributed by atoms with van der Waals surface area (Å²) in [5.41, 5.74) is 1.14. The van der Waals surface area contributed by atoms with Crippen LogP contribution in [0.4, 0.5) is 0 Å². The molecule has 0 aliphatic carbocycles. The molecule has 16 heavy (non-hydrogen) atoms. The summed E-state index contributed by atoms with van der Waals surface area (Å²) < 4.78 is 2.20. The normalized spacial score (nSPS) is 11.1. The SMILES string of the molecule is O=Cc1ccc(/C=C/c2cc(Br)sc2Br)s1. The van der Waals surface area contributed by atoms with Crippen molar-refractivity contribution < 1.29 is 4.79 Å². The average Bonchev–Trinajstić information content (AvgIpc) is 2.82. The highest BCUT2D eigenvalue weighted by molar-refractivity contribution is 9.12. The third-order valence-electron chi connectivity index (χ3n) is 1.87. The fourth-order valence-electron chi connectivity index (χ4n) is 1.16. The monoisotopic (exact) mass is 376 g/mol. The van der Waals surface area contributed by atoms with Crippen molar-refractivity contribution in [2.45, 2.75) is 0 Å². The molecule has 0 aliphatic heterocycles. The average molecular weight is 378 g/mol. The van der Waals surface area contributed by atoms with Crippen LogP contribution in [-0.2, 0) is 0 Å². The fourth-order valence-corrected chi connectivity index (χ4v) is 4.64. The van der Waals surface area contributed by atoms with Gasteiger partial charge in [0.05, 0.1) is 12.4 Å². The Morgan fingerprint density at radius 2 is 1.81 bits per heavy atom. The van der Waals surface area contributed by atoms with Gasteiger partial charge in [-0.15, -0.1) is 22.7 Å². The van der Waals surface area contributed by atoms with Gasteiger partial charge in [-0.2, -0.15) is 0 Å². The molecule has 82 valence electrons. The molecule has 0 unspecified atom stereocenters. The molecule has 2 aromatic rings. The van der Waals surface area contributed by atoms with Crippen molar-refractivity contribution in [3.8, 4) is 0 Å². The first-order chi connectivity index (χ1) is 7.69. The second-order valence-corrected chi connectivity index (χ2v) is 7.87. The van der Waals surface area contributed by atoms with Gasteiger partial charge in [0.15, 0.2) is 6.29 Å². The molecule has 2 heterocycles. The molecule has 0 saturated carbocycles. The Kier molecular flexibility index (Phi) is 4.13. The number of hydrogen-bond acceptors (Lipinski definition) is 3. The highest BCUT2D eigenvalue weighted by Gasteiger charge is 2.01. The lowest BCUT2D eigenvalue weighted by atomic mass is 10.3. The van der Waals surface area contributed by atoms with Crippen molar-refractivity contribution >= 4 is 73.0 Å². The van der Waals surface area contributed by atoms with Gasteiger partial charge in [-0.3, -0.25) is 4.79 Å². The van der Waals surface area contributed by atoms with Gasteiger partial charge in [-0.05, 0) is 56.1 Å². The van der Waals surface area contributed by atoms with E-state index in [-0.39, 0.29) is 0 Å². The van der Waals surface area contributed by atoms with Crippen LogP contribution in [0.2, 0.25) is 0 Å². The zero-order valence-corrected chi connectivity index (χ0v) is 12.7. The third kappa shape index (κ3) is 2.91. The van der Waals surface area contributed by atoms with Crippen LogP contribution in [0.25, 0.3) is 12.2 Å². The van der Waals surface area contributed by atoms with E-state index in [1.54, 1.807) is 11.3 Å². The standard InChI is InChI=1S/C11H6Br2OS2/c12-10-5-7(11(13)16-10)1-2-8-3-4-9(6-14)15-8/h1-6H/b2-1+. The van der Waals surface area contributed by atoms with Gasteiger partial charge in [0.25, 0.3) is 0 Å². The van der Waals surface area contributed by atoms with E-state index >= 15 is 0 Å². The van der Waals surface area contributed by atoms with Crippen LogP contribution < -0.4 is 0 Å². The lowest BCUT2D eigenvalue weighted by Crippen LogP contribution is -1.64. The molecular formula is C11H6Br2OS2. The Morgan fingerprint density at radius 1 is 1.06 bits per heavy atom. The van der Waals surface area contributed by atoms with Crippen molar-refractivity contribution in [3.63, 3.8) is 0 Å². The molecule has 1 nitrogen and oxygen atoms in total. The largest absolute Gasteiger partial charge is 0.297 e. The molecule has 0 saturated heterocycles. The molecule has 5 heteroatoms. The van der Waals surface area contributed by atoms with Crippen molar-refractivity contribution in [1.29, 1.82) is 0 Å². The van der Waals surface area contributed by atoms with Gasteiger partial charge in [0.1, 0.15) is 0 Å². The van der Waals surface area contributed by atoms with E-state index < -0.39 is 0 Å². The molecular weight excluding hydrogens is 372 g/mol. The lowest BCUT2D eigenvalue weighted by molar-refractivity contribution is 0.112. The highest BCUT2D eigenvalue weighted by Crippen LogP contribution is 2.33. The number of thiophene rings is 2. The first-order valence-corrected chi connectivity index (χ1v) is 7.59. The van der Waals surface area contributed by atoms with E-state index in [0.717, 1.165) is 29.2 Å². The van der Waals surface area contributed by atoms with Gasteiger partial charge < -0.3 is 0 Å². The van der Waals surface area contributed by atoms with Crippen LogP contribution >= 0.6 is 54.5 Å². The second-order valence-electron chi connectivity index (χ2n) is 2.97. The Bertz CT molecular complexity index is 540. The van der Waals surface area contributed by atoms with E-state index in [0.29, 0.717) is 0 Å². The number of hydrogen-bond donors (Lipinski definition) is 0. The van der Waals surface area contributed by atoms with Crippen molar-refractivity contribution in [3.05, 3.63) is 41.1 Å². The number of aldehydes is 1. The van der Waals surface area contributed by atoms with Gasteiger partial charge in [-0.1, -0.05) is 6.08 Å². The summed E-state index contributed by atoms with van der Waals surface area (Å²) >= 11 is 10.1. The summed E-state index contributed by atoms with van der Waals surface area (Å²) in [5.74, 6) is 0. The molecule has 0 fully saturated rings. The van der Waals surface area contributed by atoms with Gasteiger partial charge in [0, 0.05) is 10.4 Å². The summed E-state index contributed by atoms with van der Waals surface area (Å²) in [6.07, 6.45) is 4.92. The Labute approximate surface area is 118 Å². The predicted octanol–water partition coefficient (Wildman–Crippen LogP) is 5.32. The van der Waals surface area contributed by atoms with Gasteiger partial charge >= 0.3 is 0 Å². The Morgan fingerprint density at radius 3 is 2.38 bits per heavy atom. The molecule has 0 aliphatic rings. The van der Waals surface area contributed by atoms with Crippen LogP contribution in [0, 0.1) is 0 Å². The predicted molar refractivity (Wildman–Crippen MR) is 78.4 cm³/mol. The molecule has 0 bridgehead atoms. The van der Waals surface area contributed by atoms with Gasteiger partial charge in [-0.25, -0.2) is 0 Å². The first-order valence-electron chi connectivity index (χ1n) is 4.37. The molecule has 2 aromatic heterocycles. The van der Waals surface area contributed by atoms with Crippen molar-refractivity contribution in [1.82, 2.24) is 0 Å². The van der Waals surface area contributed by atoms with E-state index in [1.807, 2.05) is 24.3 Å². The van der Waals surface area contributed by atoms with Gasteiger partial charge in [0.2, 0.25) is 0 Å². The minimum absolute atomic E-state index is 0.755. The van der Waals surface area contributed by atoms with Crippen molar-refractivity contribution in [2.75, 3.05) is 0 Å². The topological polar surface area (TPSA) is 17.1 Å². The van der Waals surface area contributed by atoms with Crippen LogP contribution in [0.1, 0.15) is 20.1 Å². The fraction of sp³-hybridized carbons (Fsp3) is 0. The van der Waals surface area contributed by atoms with Crippen LogP contribution in [0.15, 0.2) is 25.8 Å². The molecule has 0 radical (unpaired) electrons. The maximum Gasteiger partial charge on any atom is 0.160 e. The van der Waals surface area contributed by atoms with E-state index in [2.05, 4.69) is 37.9 Å². The molecule has 0 N–H and O–H groups in total. The number of rotatable bonds is 3. The maximum absolute atomic E-state index is 10.5. The Balaban J connectivity index is 2.20. The number of carbonyl (C=O) groups is 1. The Hall–Kier alpha value is -0.230. The third-order valence-corrected chi connectivity index (χ3v) is 5.24. The van der Waals surface area contributed by atoms with Crippen molar-refractivity contribution in [2.24, 2.45) is 0 Å². The smallest absolute Gasteiger partial charge is 0.160 e. The van der Waals surface area contributed by atoms with Crippen LogP contribution in [0.3, 0.4) is 0 Å². The minimum Gasteiger partial charge on any atom is -0.297 e. The van der Waals surface area contributed by atoms with Crippen LogP contribution in [-0.4, -0.2) is 6.29 Å². The quantitative estimate of drug-likeness (QED) is 0.661. The molecule has 0 spiro atoms. The molecule has 0 amide bonds. The summed E-state index contributed by atoms with van der Waals surface area (Å²) in [6, 6.07) is 5.83. The van der Waals surface area contributed by atoms with E-state index in [9.17, 15) is 4.79 Å². The summed E-state index contributed by atoms with van der Waals surface area (Å²) in [7, 11) is 0. The number of carbonyl (C=O) groups excluding carboxylic acids is 1. The number of halogens is 2. The molecule has 2 rings (SSSR count). The maximum atomic E-state index is 10.5. The second kappa shape index (κ2) is 5.40. The molecule has 0 aromatic carbocycles. The minimum atomic E-state index is 0.755. The van der Waals surface area contributed by atoms with Crippen LogP contribution in [0.5, 0.6) is 0 Å². The first kappa shape index (κ1) is 12.2. The zero-order valence-electron chi connectivity index (χ0n) is 7.94. The summed E-state index contributed by atoms with van der Waals surface area (Å²) in [5, 5.41) is 0. The molecule has 0 atom stereocenters. The highest BCUT2D eigenvalue weighted by atomic mass is 79.9. The van der Waals surface area contributed by atoms with E-state index in [4.69, 9.17) is 0 Å².